The Morgan fingerprint density at radius 2 is 1.73 bits per heavy atom. The lowest BCUT2D eigenvalue weighted by Crippen LogP contribution is -2.45. The predicted octanol–water partition coefficient (Wildman–Crippen LogP) is 4.04. The number of methoxy groups -OCH3 is 3. The van der Waals surface area contributed by atoms with E-state index < -0.39 is 5.56 Å². The van der Waals surface area contributed by atoms with Crippen molar-refractivity contribution in [2.45, 2.75) is 33.7 Å². The quantitative estimate of drug-likeness (QED) is 0.265. The third-order valence-corrected chi connectivity index (χ3v) is 6.28. The second-order valence-electron chi connectivity index (χ2n) is 9.23. The zero-order valence-corrected chi connectivity index (χ0v) is 21.9. The molecule has 0 radical (unpaired) electrons. The first-order valence-electron chi connectivity index (χ1n) is 12.0. The number of rotatable bonds is 8. The first-order chi connectivity index (χ1) is 17.7. The molecule has 0 atom stereocenters. The van der Waals surface area contributed by atoms with Crippen molar-refractivity contribution >= 4 is 16.8 Å². The molecule has 0 N–H and O–H groups in total. The van der Waals surface area contributed by atoms with Crippen LogP contribution < -0.4 is 24.5 Å². The van der Waals surface area contributed by atoms with Gasteiger partial charge in [-0.15, -0.1) is 4.73 Å². The van der Waals surface area contributed by atoms with Crippen molar-refractivity contribution in [3.05, 3.63) is 75.5 Å². The van der Waals surface area contributed by atoms with E-state index in [1.807, 2.05) is 44.2 Å². The molecule has 9 heteroatoms. The maximum Gasteiger partial charge on any atom is 0.404 e. The second-order valence-corrected chi connectivity index (χ2v) is 9.23. The van der Waals surface area contributed by atoms with Gasteiger partial charge in [-0.2, -0.15) is 0 Å². The monoisotopic (exact) mass is 505 g/mol. The molecule has 0 amide bonds. The van der Waals surface area contributed by atoms with Gasteiger partial charge in [0, 0.05) is 30.5 Å². The highest BCUT2D eigenvalue weighted by Crippen LogP contribution is 2.35. The van der Waals surface area contributed by atoms with Crippen LogP contribution >= 0.6 is 0 Å². The summed E-state index contributed by atoms with van der Waals surface area (Å²) in [7, 11) is 4.50. The number of aromatic nitrogens is 3. The molecule has 0 aliphatic carbocycles. The van der Waals surface area contributed by atoms with Crippen LogP contribution in [0, 0.1) is 11.1 Å². The van der Waals surface area contributed by atoms with Crippen molar-refractivity contribution in [3.63, 3.8) is 0 Å². The predicted molar refractivity (Wildman–Crippen MR) is 141 cm³/mol. The minimum absolute atomic E-state index is 0.0119. The van der Waals surface area contributed by atoms with Crippen molar-refractivity contribution in [2.75, 3.05) is 21.3 Å². The smallest absolute Gasteiger partial charge is 0.404 e. The minimum atomic E-state index is -0.422. The Kier molecular flexibility index (Phi) is 7.24. The molecule has 0 unspecified atom stereocenters. The number of benzene rings is 2. The van der Waals surface area contributed by atoms with Crippen LogP contribution in [0.3, 0.4) is 0 Å². The van der Waals surface area contributed by atoms with Crippen molar-refractivity contribution in [1.82, 2.24) is 9.13 Å². The molecule has 0 aliphatic heterocycles. The van der Waals surface area contributed by atoms with Gasteiger partial charge < -0.3 is 19.4 Å². The summed E-state index contributed by atoms with van der Waals surface area (Å²) in [5, 5.41) is 14.2. The van der Waals surface area contributed by atoms with Gasteiger partial charge in [-0.3, -0.25) is 18.7 Å². The first-order valence-corrected chi connectivity index (χ1v) is 12.0. The summed E-state index contributed by atoms with van der Waals surface area (Å²) >= 11 is 0. The summed E-state index contributed by atoms with van der Waals surface area (Å²) in [5.41, 5.74) is 1.93. The van der Waals surface area contributed by atoms with Gasteiger partial charge in [-0.1, -0.05) is 38.1 Å². The van der Waals surface area contributed by atoms with E-state index in [4.69, 9.17) is 14.2 Å². The third kappa shape index (κ3) is 4.64. The molecular weight excluding hydrogens is 474 g/mol. The summed E-state index contributed by atoms with van der Waals surface area (Å²) in [6.07, 6.45) is 1.93. The molecule has 0 fully saturated rings. The molecular formula is C28H31N3O6. The number of fused-ring (bicyclic) bond motifs is 1. The maximum absolute atomic E-state index is 13.9. The topological polar surface area (TPSA) is 98.6 Å². The Labute approximate surface area is 215 Å². The molecule has 2 aromatic carbocycles. The van der Waals surface area contributed by atoms with Crippen LogP contribution in [0.4, 0.5) is 0 Å². The number of para-hydroxylation sites is 1. The molecule has 0 aliphatic rings. The van der Waals surface area contributed by atoms with Crippen molar-refractivity contribution in [2.24, 2.45) is 5.92 Å². The third-order valence-electron chi connectivity index (χ3n) is 6.28. The van der Waals surface area contributed by atoms with Gasteiger partial charge in [-0.25, -0.2) is 0 Å². The van der Waals surface area contributed by atoms with Crippen LogP contribution in [-0.2, 0) is 13.0 Å². The highest BCUT2D eigenvalue weighted by Gasteiger charge is 2.31. The number of hydrogen-bond acceptors (Lipinski definition) is 6. The Morgan fingerprint density at radius 1 is 1.03 bits per heavy atom. The summed E-state index contributed by atoms with van der Waals surface area (Å²) in [4.78, 5) is 26.3. The molecule has 4 aromatic rings. The fourth-order valence-electron chi connectivity index (χ4n) is 4.62. The highest BCUT2D eigenvalue weighted by molar-refractivity contribution is 6.01. The van der Waals surface area contributed by atoms with E-state index in [1.54, 1.807) is 37.1 Å². The number of carbonyl (C=O) groups is 1. The SMILES string of the molecule is COc1ccc(Cn2c(-c3cn(C(C)=O)c4ccccc34)c(OC)[n+]([O-])c(CC(C)C)c2=O)cc1OC. The average molecular weight is 506 g/mol. The number of hydrogen-bond donors (Lipinski definition) is 0. The lowest BCUT2D eigenvalue weighted by atomic mass is 10.1. The highest BCUT2D eigenvalue weighted by atomic mass is 16.5. The zero-order valence-electron chi connectivity index (χ0n) is 21.9. The molecule has 0 saturated carbocycles. The largest absolute Gasteiger partial charge is 0.616 e. The molecule has 0 bridgehead atoms. The first kappa shape index (κ1) is 25.8. The molecule has 2 heterocycles. The maximum atomic E-state index is 13.9. The van der Waals surface area contributed by atoms with Crippen molar-refractivity contribution < 1.29 is 23.7 Å². The molecule has 37 heavy (non-hydrogen) atoms. The van der Waals surface area contributed by atoms with Crippen LogP contribution in [0.25, 0.3) is 22.2 Å². The van der Waals surface area contributed by atoms with Gasteiger partial charge >= 0.3 is 11.4 Å². The van der Waals surface area contributed by atoms with Crippen molar-refractivity contribution in [1.29, 1.82) is 0 Å². The average Bonchev–Trinajstić information content (AvgIpc) is 3.27. The van der Waals surface area contributed by atoms with Crippen LogP contribution in [0.5, 0.6) is 17.4 Å². The van der Waals surface area contributed by atoms with Crippen LogP contribution in [-0.4, -0.2) is 36.4 Å². The van der Waals surface area contributed by atoms with Gasteiger partial charge in [0.15, 0.2) is 17.2 Å². The van der Waals surface area contributed by atoms with E-state index in [0.717, 1.165) is 5.56 Å². The fraction of sp³-hybridized carbons (Fsp3) is 0.321. The van der Waals surface area contributed by atoms with Crippen molar-refractivity contribution in [3.8, 4) is 28.6 Å². The molecule has 4 rings (SSSR count). The minimum Gasteiger partial charge on any atom is -0.616 e. The van der Waals surface area contributed by atoms with E-state index in [0.29, 0.717) is 38.4 Å². The summed E-state index contributed by atoms with van der Waals surface area (Å²) < 4.78 is 20.1. The second kappa shape index (κ2) is 10.4. The van der Waals surface area contributed by atoms with Gasteiger partial charge in [0.05, 0.1) is 33.4 Å². The zero-order chi connectivity index (χ0) is 26.9. The van der Waals surface area contributed by atoms with E-state index in [2.05, 4.69) is 0 Å². The number of carbonyl (C=O) groups excluding carboxylic acids is 1. The fourth-order valence-corrected chi connectivity index (χ4v) is 4.62. The van der Waals surface area contributed by atoms with E-state index in [-0.39, 0.29) is 36.4 Å². The summed E-state index contributed by atoms with van der Waals surface area (Å²) in [6, 6.07) is 12.7. The van der Waals surface area contributed by atoms with Crippen LogP contribution in [0.15, 0.2) is 53.5 Å². The molecule has 194 valence electrons. The Hall–Kier alpha value is -4.27. The van der Waals surface area contributed by atoms with E-state index in [1.165, 1.54) is 18.6 Å². The Balaban J connectivity index is 2.07. The molecule has 2 aromatic heterocycles. The van der Waals surface area contributed by atoms with Gasteiger partial charge in [0.25, 0.3) is 5.69 Å². The summed E-state index contributed by atoms with van der Waals surface area (Å²) in [5.74, 6) is 0.945. The van der Waals surface area contributed by atoms with Gasteiger partial charge in [0.1, 0.15) is 0 Å². The normalized spacial score (nSPS) is 11.2. The number of ether oxygens (including phenoxy) is 3. The molecule has 0 saturated heterocycles. The lowest BCUT2D eigenvalue weighted by Gasteiger charge is -2.19. The Morgan fingerprint density at radius 3 is 2.35 bits per heavy atom. The summed E-state index contributed by atoms with van der Waals surface area (Å²) in [6.45, 7) is 5.48. The number of nitrogens with zero attached hydrogens (tertiary/aromatic N) is 3. The van der Waals surface area contributed by atoms with Gasteiger partial charge in [-0.05, 0) is 29.7 Å². The van der Waals surface area contributed by atoms with E-state index >= 15 is 0 Å². The lowest BCUT2D eigenvalue weighted by molar-refractivity contribution is -0.622. The van der Waals surface area contributed by atoms with Crippen LogP contribution in [0.2, 0.25) is 0 Å². The van der Waals surface area contributed by atoms with Crippen LogP contribution in [0.1, 0.15) is 36.8 Å². The standard InChI is InChI=1S/C28H31N3O6/c1-17(2)13-23-27(33)30(15-19-11-12-24(35-4)25(14-19)36-5)26(28(37-6)31(23)34)21-16-29(18(3)32)22-10-8-7-9-20(21)22/h7-12,14,16-17H,13,15H2,1-6H3. The van der Waals surface area contributed by atoms with E-state index in [9.17, 15) is 14.8 Å². The Bertz CT molecular complexity index is 1530. The molecule has 9 nitrogen and oxygen atoms in total. The molecule has 0 spiro atoms. The van der Waals surface area contributed by atoms with Gasteiger partial charge in [0.2, 0.25) is 5.91 Å².